The lowest BCUT2D eigenvalue weighted by Gasteiger charge is -2.24. The Morgan fingerprint density at radius 2 is 1.96 bits per heavy atom. The summed E-state index contributed by atoms with van der Waals surface area (Å²) >= 11 is 0. The van der Waals surface area contributed by atoms with Crippen molar-refractivity contribution in [1.29, 1.82) is 0 Å². The van der Waals surface area contributed by atoms with Gasteiger partial charge in [-0.1, -0.05) is 37.5 Å². The molecule has 1 aliphatic carbocycles. The van der Waals surface area contributed by atoms with E-state index in [1.165, 1.54) is 12.0 Å². The van der Waals surface area contributed by atoms with Gasteiger partial charge in [-0.3, -0.25) is 9.59 Å². The highest BCUT2D eigenvalue weighted by Gasteiger charge is 2.22. The molecule has 1 N–H and O–H groups in total. The molecular formula is C19H22N2O2. The van der Waals surface area contributed by atoms with E-state index in [1.54, 1.807) is 10.6 Å². The van der Waals surface area contributed by atoms with Crippen molar-refractivity contribution in [2.24, 2.45) is 0 Å². The minimum atomic E-state index is -0.205. The summed E-state index contributed by atoms with van der Waals surface area (Å²) in [5.41, 5.74) is 2.38. The molecule has 1 fully saturated rings. The monoisotopic (exact) mass is 310 g/mol. The van der Waals surface area contributed by atoms with E-state index < -0.39 is 0 Å². The van der Waals surface area contributed by atoms with Crippen LogP contribution in [0, 0.1) is 0 Å². The summed E-state index contributed by atoms with van der Waals surface area (Å²) in [5.74, 6) is -0.205. The Labute approximate surface area is 135 Å². The van der Waals surface area contributed by atoms with Gasteiger partial charge >= 0.3 is 0 Å². The van der Waals surface area contributed by atoms with Crippen molar-refractivity contribution in [3.63, 3.8) is 0 Å². The Kier molecular flexibility index (Phi) is 3.68. The van der Waals surface area contributed by atoms with E-state index in [4.69, 9.17) is 0 Å². The zero-order chi connectivity index (χ0) is 15.8. The Morgan fingerprint density at radius 3 is 2.78 bits per heavy atom. The van der Waals surface area contributed by atoms with Crippen molar-refractivity contribution >= 4 is 16.8 Å². The fourth-order valence-electron chi connectivity index (χ4n) is 4.04. The first-order valence-electron chi connectivity index (χ1n) is 8.70. The average molecular weight is 310 g/mol. The molecule has 4 rings (SSSR count). The highest BCUT2D eigenvalue weighted by molar-refractivity contribution is 5.98. The zero-order valence-electron chi connectivity index (χ0n) is 13.3. The van der Waals surface area contributed by atoms with E-state index in [0.717, 1.165) is 49.4 Å². The number of aryl methyl sites for hydroxylation is 2. The highest BCUT2D eigenvalue weighted by Crippen LogP contribution is 2.24. The molecule has 1 aromatic heterocycles. The molecule has 1 amide bonds. The number of amides is 1. The number of benzene rings is 1. The van der Waals surface area contributed by atoms with Gasteiger partial charge in [-0.25, -0.2) is 0 Å². The number of para-hydroxylation sites is 1. The van der Waals surface area contributed by atoms with Crippen LogP contribution in [-0.4, -0.2) is 16.5 Å². The van der Waals surface area contributed by atoms with Crippen LogP contribution in [0.3, 0.4) is 0 Å². The molecule has 4 heteroatoms. The predicted molar refractivity (Wildman–Crippen MR) is 90.9 cm³/mol. The number of nitrogens with one attached hydrogen (secondary N) is 1. The second-order valence-electron chi connectivity index (χ2n) is 6.78. The third-order valence-electron chi connectivity index (χ3n) is 5.21. The molecule has 2 aliphatic rings. The first kappa shape index (κ1) is 14.5. The smallest absolute Gasteiger partial charge is 0.263 e. The van der Waals surface area contributed by atoms with Gasteiger partial charge in [0.1, 0.15) is 5.56 Å². The lowest BCUT2D eigenvalue weighted by molar-refractivity contribution is 0.0925. The van der Waals surface area contributed by atoms with Crippen molar-refractivity contribution in [2.45, 2.75) is 57.5 Å². The molecule has 1 aromatic carbocycles. The molecule has 2 heterocycles. The van der Waals surface area contributed by atoms with Gasteiger partial charge in [0.2, 0.25) is 0 Å². The number of rotatable bonds is 2. The third kappa shape index (κ3) is 2.56. The fraction of sp³-hybridized carbons (Fsp3) is 0.474. The standard InChI is InChI=1S/C19H22N2O2/c22-18(20-15-9-2-1-3-10-15)16-12-14-7-4-6-13-8-5-11-21(17(13)14)19(16)23/h4,6-7,12,15H,1-3,5,8-11H2,(H,20,22). The molecule has 0 unspecified atom stereocenters. The summed E-state index contributed by atoms with van der Waals surface area (Å²) in [6, 6.07) is 8.09. The topological polar surface area (TPSA) is 51.1 Å². The Bertz CT molecular complexity index is 816. The van der Waals surface area contributed by atoms with Crippen LogP contribution in [0.2, 0.25) is 0 Å². The predicted octanol–water partition coefficient (Wildman–Crippen LogP) is 3.01. The minimum absolute atomic E-state index is 0.141. The molecule has 0 atom stereocenters. The molecule has 1 aliphatic heterocycles. The van der Waals surface area contributed by atoms with Gasteiger partial charge in [0, 0.05) is 12.6 Å². The second kappa shape index (κ2) is 5.84. The Balaban J connectivity index is 1.74. The maximum Gasteiger partial charge on any atom is 0.263 e. The van der Waals surface area contributed by atoms with Gasteiger partial charge < -0.3 is 9.88 Å². The number of carbonyl (C=O) groups excluding carboxylic acids is 1. The van der Waals surface area contributed by atoms with Gasteiger partial charge in [-0.15, -0.1) is 0 Å². The van der Waals surface area contributed by atoms with Crippen molar-refractivity contribution < 1.29 is 4.79 Å². The molecular weight excluding hydrogens is 288 g/mol. The van der Waals surface area contributed by atoms with Gasteiger partial charge in [0.05, 0.1) is 5.52 Å². The largest absolute Gasteiger partial charge is 0.349 e. The third-order valence-corrected chi connectivity index (χ3v) is 5.21. The molecule has 4 nitrogen and oxygen atoms in total. The second-order valence-corrected chi connectivity index (χ2v) is 6.78. The van der Waals surface area contributed by atoms with Crippen LogP contribution in [0.1, 0.15) is 54.4 Å². The van der Waals surface area contributed by atoms with Crippen LogP contribution >= 0.6 is 0 Å². The summed E-state index contributed by atoms with van der Waals surface area (Å²) < 4.78 is 1.80. The summed E-state index contributed by atoms with van der Waals surface area (Å²) in [5, 5.41) is 4.07. The lowest BCUT2D eigenvalue weighted by atomic mass is 9.95. The summed E-state index contributed by atoms with van der Waals surface area (Å²) in [4.78, 5) is 25.4. The minimum Gasteiger partial charge on any atom is -0.349 e. The Morgan fingerprint density at radius 1 is 1.13 bits per heavy atom. The van der Waals surface area contributed by atoms with E-state index in [9.17, 15) is 9.59 Å². The number of aromatic nitrogens is 1. The highest BCUT2D eigenvalue weighted by atomic mass is 16.2. The number of hydrogen-bond acceptors (Lipinski definition) is 2. The van der Waals surface area contributed by atoms with Crippen molar-refractivity contribution in [3.8, 4) is 0 Å². The SMILES string of the molecule is O=C(NC1CCCCC1)c1cc2cccc3c2n(c1=O)CCC3. The number of pyridine rings is 1. The quantitative estimate of drug-likeness (QED) is 0.927. The first-order chi connectivity index (χ1) is 11.2. The first-order valence-corrected chi connectivity index (χ1v) is 8.70. The lowest BCUT2D eigenvalue weighted by Crippen LogP contribution is -2.40. The van der Waals surface area contributed by atoms with Crippen LogP contribution in [0.4, 0.5) is 0 Å². The van der Waals surface area contributed by atoms with Crippen molar-refractivity contribution in [2.75, 3.05) is 0 Å². The van der Waals surface area contributed by atoms with Gasteiger partial charge in [0.15, 0.2) is 0 Å². The van der Waals surface area contributed by atoms with Crippen LogP contribution < -0.4 is 10.9 Å². The van der Waals surface area contributed by atoms with Crippen LogP contribution in [0.15, 0.2) is 29.1 Å². The van der Waals surface area contributed by atoms with E-state index in [1.807, 2.05) is 12.1 Å². The molecule has 2 aromatic rings. The van der Waals surface area contributed by atoms with Crippen LogP contribution in [-0.2, 0) is 13.0 Å². The fourth-order valence-corrected chi connectivity index (χ4v) is 4.04. The maximum absolute atomic E-state index is 12.8. The maximum atomic E-state index is 12.8. The zero-order valence-corrected chi connectivity index (χ0v) is 13.3. The summed E-state index contributed by atoms with van der Waals surface area (Å²) in [6.45, 7) is 0.705. The van der Waals surface area contributed by atoms with Gasteiger partial charge in [-0.05, 0) is 42.7 Å². The molecule has 120 valence electrons. The van der Waals surface area contributed by atoms with Crippen LogP contribution in [0.5, 0.6) is 0 Å². The molecule has 0 spiro atoms. The molecule has 0 saturated heterocycles. The number of nitrogens with zero attached hydrogens (tertiary/aromatic N) is 1. The van der Waals surface area contributed by atoms with E-state index in [2.05, 4.69) is 11.4 Å². The van der Waals surface area contributed by atoms with Crippen molar-refractivity contribution in [1.82, 2.24) is 9.88 Å². The van der Waals surface area contributed by atoms with E-state index in [0.29, 0.717) is 12.1 Å². The normalized spacial score (nSPS) is 18.1. The van der Waals surface area contributed by atoms with Gasteiger partial charge in [-0.2, -0.15) is 0 Å². The number of hydrogen-bond donors (Lipinski definition) is 1. The van der Waals surface area contributed by atoms with Crippen LogP contribution in [0.25, 0.3) is 10.9 Å². The number of carbonyl (C=O) groups is 1. The molecule has 0 radical (unpaired) electrons. The summed E-state index contributed by atoms with van der Waals surface area (Å²) in [7, 11) is 0. The van der Waals surface area contributed by atoms with E-state index >= 15 is 0 Å². The molecule has 1 saturated carbocycles. The molecule has 23 heavy (non-hydrogen) atoms. The average Bonchev–Trinajstić information content (AvgIpc) is 2.59. The summed E-state index contributed by atoms with van der Waals surface area (Å²) in [6.07, 6.45) is 7.59. The Hall–Kier alpha value is -2.10. The van der Waals surface area contributed by atoms with Crippen molar-refractivity contribution in [3.05, 3.63) is 45.7 Å². The van der Waals surface area contributed by atoms with E-state index in [-0.39, 0.29) is 17.5 Å². The van der Waals surface area contributed by atoms with Gasteiger partial charge in [0.25, 0.3) is 11.5 Å². The molecule has 0 bridgehead atoms.